The van der Waals surface area contributed by atoms with Crippen LogP contribution in [-0.4, -0.2) is 32.1 Å². The van der Waals surface area contributed by atoms with Gasteiger partial charge >= 0.3 is 0 Å². The molecule has 5 heteroatoms. The van der Waals surface area contributed by atoms with Gasteiger partial charge in [0.2, 0.25) is 6.79 Å². The molecule has 1 unspecified atom stereocenters. The van der Waals surface area contributed by atoms with Gasteiger partial charge in [-0.3, -0.25) is 4.79 Å². The number of ketones is 1. The van der Waals surface area contributed by atoms with E-state index in [1.54, 1.807) is 6.92 Å². The number of Topliss-reactive ketones (excluding diaryl/α,β-unsaturated/α-hetero) is 1. The highest BCUT2D eigenvalue weighted by molar-refractivity contribution is 5.83. The molecule has 0 aromatic heterocycles. The van der Waals surface area contributed by atoms with Crippen molar-refractivity contribution in [3.05, 3.63) is 23.8 Å². The van der Waals surface area contributed by atoms with E-state index in [-0.39, 0.29) is 24.8 Å². The maximum absolute atomic E-state index is 12.0. The number of fused-ring (bicyclic) bond motifs is 1. The number of hydrogen-bond donors (Lipinski definition) is 0. The molecule has 1 aliphatic rings. The highest BCUT2D eigenvalue weighted by Crippen LogP contribution is 2.36. The molecule has 1 heterocycles. The minimum absolute atomic E-state index is 0.0817. The summed E-state index contributed by atoms with van der Waals surface area (Å²) in [7, 11) is 0. The smallest absolute Gasteiger partial charge is 0.231 e. The average Bonchev–Trinajstić information content (AvgIpc) is 2.92. The molecule has 0 radical (unpaired) electrons. The van der Waals surface area contributed by atoms with E-state index >= 15 is 0 Å². The van der Waals surface area contributed by atoms with Crippen molar-refractivity contribution in [1.29, 1.82) is 0 Å². The molecule has 116 valence electrons. The third-order valence-corrected chi connectivity index (χ3v) is 3.42. The van der Waals surface area contributed by atoms with Crippen molar-refractivity contribution in [2.45, 2.75) is 39.4 Å². The lowest BCUT2D eigenvalue weighted by Gasteiger charge is -2.22. The summed E-state index contributed by atoms with van der Waals surface area (Å²) in [6.45, 7) is 6.74. The lowest BCUT2D eigenvalue weighted by Crippen LogP contribution is -2.23. The van der Waals surface area contributed by atoms with E-state index in [9.17, 15) is 4.79 Å². The first-order chi connectivity index (χ1) is 10.2. The van der Waals surface area contributed by atoms with E-state index in [4.69, 9.17) is 18.9 Å². The SMILES string of the molecule is CCOC(CC(C(C)=O)c1ccc2c(c1)OCO2)OCC. The van der Waals surface area contributed by atoms with Crippen LogP contribution >= 0.6 is 0 Å². The summed E-state index contributed by atoms with van der Waals surface area (Å²) in [5.74, 6) is 1.20. The van der Waals surface area contributed by atoms with Crippen molar-refractivity contribution >= 4 is 5.78 Å². The van der Waals surface area contributed by atoms with Crippen LogP contribution in [0.3, 0.4) is 0 Å². The summed E-state index contributed by atoms with van der Waals surface area (Å²) in [5, 5.41) is 0. The Bertz CT molecular complexity index is 480. The number of hydrogen-bond acceptors (Lipinski definition) is 5. The Labute approximate surface area is 125 Å². The van der Waals surface area contributed by atoms with Crippen molar-refractivity contribution in [3.63, 3.8) is 0 Å². The van der Waals surface area contributed by atoms with E-state index in [0.29, 0.717) is 31.1 Å². The quantitative estimate of drug-likeness (QED) is 0.690. The summed E-state index contributed by atoms with van der Waals surface area (Å²) < 4.78 is 21.8. The van der Waals surface area contributed by atoms with E-state index in [1.807, 2.05) is 32.0 Å². The Kier molecular flexibility index (Phi) is 5.59. The van der Waals surface area contributed by atoms with E-state index < -0.39 is 0 Å². The Morgan fingerprint density at radius 1 is 1.19 bits per heavy atom. The highest BCUT2D eigenvalue weighted by atomic mass is 16.7. The van der Waals surface area contributed by atoms with Gasteiger partial charge in [0.25, 0.3) is 0 Å². The largest absolute Gasteiger partial charge is 0.454 e. The first-order valence-corrected chi connectivity index (χ1v) is 7.28. The maximum atomic E-state index is 12.0. The first kappa shape index (κ1) is 15.8. The van der Waals surface area contributed by atoms with Crippen LogP contribution in [0.1, 0.15) is 38.7 Å². The fourth-order valence-corrected chi connectivity index (χ4v) is 2.42. The second-order valence-corrected chi connectivity index (χ2v) is 4.85. The van der Waals surface area contributed by atoms with Gasteiger partial charge < -0.3 is 18.9 Å². The third-order valence-electron chi connectivity index (χ3n) is 3.42. The summed E-state index contributed by atoms with van der Waals surface area (Å²) in [4.78, 5) is 12.0. The molecule has 0 N–H and O–H groups in total. The van der Waals surface area contributed by atoms with Gasteiger partial charge in [0, 0.05) is 25.6 Å². The fraction of sp³-hybridized carbons (Fsp3) is 0.562. The minimum atomic E-state index is -0.376. The van der Waals surface area contributed by atoms with E-state index in [2.05, 4.69) is 0 Å². The number of rotatable bonds is 8. The van der Waals surface area contributed by atoms with Crippen molar-refractivity contribution in [2.75, 3.05) is 20.0 Å². The number of ether oxygens (including phenoxy) is 4. The lowest BCUT2D eigenvalue weighted by atomic mass is 9.91. The molecule has 1 atom stereocenters. The Morgan fingerprint density at radius 3 is 2.48 bits per heavy atom. The molecule has 1 aromatic rings. The average molecular weight is 294 g/mol. The molecule has 21 heavy (non-hydrogen) atoms. The molecule has 0 saturated carbocycles. The monoisotopic (exact) mass is 294 g/mol. The highest BCUT2D eigenvalue weighted by Gasteiger charge is 2.25. The van der Waals surface area contributed by atoms with Crippen LogP contribution in [0.4, 0.5) is 0 Å². The Hall–Kier alpha value is -1.59. The third kappa shape index (κ3) is 3.95. The van der Waals surface area contributed by atoms with Gasteiger partial charge in [-0.15, -0.1) is 0 Å². The summed E-state index contributed by atoms with van der Waals surface area (Å²) in [5.41, 5.74) is 0.899. The molecular formula is C16H22O5. The molecule has 1 aliphatic heterocycles. The molecule has 1 aromatic carbocycles. The molecule has 0 bridgehead atoms. The molecule has 0 saturated heterocycles. The minimum Gasteiger partial charge on any atom is -0.454 e. The van der Waals surface area contributed by atoms with Gasteiger partial charge in [0.05, 0.1) is 0 Å². The van der Waals surface area contributed by atoms with Crippen LogP contribution in [0.15, 0.2) is 18.2 Å². The summed E-state index contributed by atoms with van der Waals surface area (Å²) in [6, 6.07) is 5.60. The van der Waals surface area contributed by atoms with Gasteiger partial charge in [-0.05, 0) is 38.5 Å². The molecule has 5 nitrogen and oxygen atoms in total. The van der Waals surface area contributed by atoms with Crippen LogP contribution < -0.4 is 9.47 Å². The zero-order valence-corrected chi connectivity index (χ0v) is 12.8. The Balaban J connectivity index is 2.16. The lowest BCUT2D eigenvalue weighted by molar-refractivity contribution is -0.147. The second-order valence-electron chi connectivity index (χ2n) is 4.85. The van der Waals surface area contributed by atoms with Crippen LogP contribution in [0.25, 0.3) is 0 Å². The molecular weight excluding hydrogens is 272 g/mol. The van der Waals surface area contributed by atoms with Crippen LogP contribution in [0.5, 0.6) is 11.5 Å². The molecule has 0 aliphatic carbocycles. The number of carbonyl (C=O) groups excluding carboxylic acids is 1. The van der Waals surface area contributed by atoms with Crippen molar-refractivity contribution in [3.8, 4) is 11.5 Å². The van der Waals surface area contributed by atoms with Gasteiger partial charge in [0.1, 0.15) is 5.78 Å². The van der Waals surface area contributed by atoms with Crippen molar-refractivity contribution in [2.24, 2.45) is 0 Å². The van der Waals surface area contributed by atoms with Crippen LogP contribution in [0.2, 0.25) is 0 Å². The van der Waals surface area contributed by atoms with Crippen molar-refractivity contribution < 1.29 is 23.7 Å². The molecule has 0 fully saturated rings. The zero-order valence-electron chi connectivity index (χ0n) is 12.8. The second kappa shape index (κ2) is 7.43. The first-order valence-electron chi connectivity index (χ1n) is 7.28. The van der Waals surface area contributed by atoms with E-state index in [0.717, 1.165) is 5.56 Å². The normalized spacial score (nSPS) is 14.5. The number of carbonyl (C=O) groups is 1. The molecule has 0 spiro atoms. The molecule has 0 amide bonds. The van der Waals surface area contributed by atoms with Crippen molar-refractivity contribution in [1.82, 2.24) is 0 Å². The standard InChI is InChI=1S/C16H22O5/c1-4-18-16(19-5-2)9-13(11(3)17)12-6-7-14-15(8-12)21-10-20-14/h6-8,13,16H,4-5,9-10H2,1-3H3. The van der Waals surface area contributed by atoms with Gasteiger partial charge in [-0.2, -0.15) is 0 Å². The fourth-order valence-electron chi connectivity index (χ4n) is 2.42. The predicted molar refractivity (Wildman–Crippen MR) is 77.6 cm³/mol. The van der Waals surface area contributed by atoms with Gasteiger partial charge in [0.15, 0.2) is 17.8 Å². The van der Waals surface area contributed by atoms with Gasteiger partial charge in [-0.1, -0.05) is 6.07 Å². The number of benzene rings is 1. The van der Waals surface area contributed by atoms with E-state index in [1.165, 1.54) is 0 Å². The maximum Gasteiger partial charge on any atom is 0.231 e. The zero-order chi connectivity index (χ0) is 15.2. The summed E-state index contributed by atoms with van der Waals surface area (Å²) in [6.07, 6.45) is 0.121. The Morgan fingerprint density at radius 2 is 1.86 bits per heavy atom. The predicted octanol–water partition coefficient (Wildman–Crippen LogP) is 2.88. The van der Waals surface area contributed by atoms with Gasteiger partial charge in [-0.25, -0.2) is 0 Å². The topological polar surface area (TPSA) is 54.0 Å². The molecule has 2 rings (SSSR count). The van der Waals surface area contributed by atoms with Crippen LogP contribution in [-0.2, 0) is 14.3 Å². The van der Waals surface area contributed by atoms with Crippen LogP contribution in [0, 0.1) is 0 Å². The summed E-state index contributed by atoms with van der Waals surface area (Å²) >= 11 is 0.